The lowest BCUT2D eigenvalue weighted by Crippen LogP contribution is -2.28. The van der Waals surface area contributed by atoms with Crippen LogP contribution in [-0.4, -0.2) is 26.9 Å². The number of fused-ring (bicyclic) bond motifs is 1. The first kappa shape index (κ1) is 17.3. The van der Waals surface area contributed by atoms with Crippen molar-refractivity contribution in [2.24, 2.45) is 0 Å². The van der Waals surface area contributed by atoms with Gasteiger partial charge in [0.2, 0.25) is 0 Å². The third-order valence-corrected chi connectivity index (χ3v) is 4.44. The molecule has 25 heavy (non-hydrogen) atoms. The monoisotopic (exact) mass is 353 g/mol. The summed E-state index contributed by atoms with van der Waals surface area (Å²) in [5.41, 5.74) is 1.08. The van der Waals surface area contributed by atoms with Crippen LogP contribution in [0, 0.1) is 0 Å². The molecule has 3 rings (SSSR count). The number of hydrogen-bond acceptors (Lipinski definition) is 2. The molecule has 1 amide bonds. The topological polar surface area (TPSA) is 67.2 Å². The van der Waals surface area contributed by atoms with Crippen LogP contribution in [0.25, 0.3) is 0 Å². The SMILES string of the molecule is O=C(O)N[C@@H]1CC[C@@H](c2ccccc2)Cn2c(CC(F)(F)F)cnc21. The van der Waals surface area contributed by atoms with Gasteiger partial charge in [-0.1, -0.05) is 30.3 Å². The van der Waals surface area contributed by atoms with Gasteiger partial charge >= 0.3 is 12.3 Å². The van der Waals surface area contributed by atoms with Crippen molar-refractivity contribution in [2.75, 3.05) is 0 Å². The molecule has 0 saturated carbocycles. The molecule has 0 aliphatic carbocycles. The lowest BCUT2D eigenvalue weighted by atomic mass is 9.93. The maximum Gasteiger partial charge on any atom is 0.405 e. The standard InChI is InChI=1S/C17H18F3N3O2/c18-17(19,20)8-13-9-21-15-14(22-16(24)25)7-6-12(10-23(13)15)11-4-2-1-3-5-11/h1-5,9,12,14,22H,6-8,10H2,(H,24,25)/t12-,14-/m1/s1. The molecule has 134 valence electrons. The van der Waals surface area contributed by atoms with Crippen LogP contribution >= 0.6 is 0 Å². The Morgan fingerprint density at radius 1 is 1.28 bits per heavy atom. The summed E-state index contributed by atoms with van der Waals surface area (Å²) in [5, 5.41) is 11.4. The lowest BCUT2D eigenvalue weighted by Gasteiger charge is -2.18. The second-order valence-electron chi connectivity index (χ2n) is 6.20. The number of alkyl halides is 3. The predicted octanol–water partition coefficient (Wildman–Crippen LogP) is 3.87. The van der Waals surface area contributed by atoms with E-state index in [2.05, 4.69) is 10.3 Å². The minimum Gasteiger partial charge on any atom is -0.465 e. The normalized spacial score (nSPS) is 20.6. The minimum absolute atomic E-state index is 0.00160. The highest BCUT2D eigenvalue weighted by molar-refractivity contribution is 5.65. The summed E-state index contributed by atoms with van der Waals surface area (Å²) < 4.78 is 40.1. The van der Waals surface area contributed by atoms with Crippen LogP contribution in [-0.2, 0) is 13.0 Å². The Labute approximate surface area is 142 Å². The van der Waals surface area contributed by atoms with Gasteiger partial charge in [-0.3, -0.25) is 0 Å². The van der Waals surface area contributed by atoms with Gasteiger partial charge in [-0.2, -0.15) is 13.2 Å². The van der Waals surface area contributed by atoms with E-state index >= 15 is 0 Å². The Kier molecular flexibility index (Phi) is 4.69. The summed E-state index contributed by atoms with van der Waals surface area (Å²) >= 11 is 0. The molecule has 0 unspecified atom stereocenters. The summed E-state index contributed by atoms with van der Waals surface area (Å²) in [6, 6.07) is 8.92. The van der Waals surface area contributed by atoms with E-state index in [9.17, 15) is 18.0 Å². The number of nitrogens with one attached hydrogen (secondary N) is 1. The molecule has 1 aliphatic rings. The van der Waals surface area contributed by atoms with E-state index in [1.807, 2.05) is 30.3 Å². The third kappa shape index (κ3) is 4.12. The first-order valence-corrected chi connectivity index (χ1v) is 7.99. The Hall–Kier alpha value is -2.51. The van der Waals surface area contributed by atoms with Crippen LogP contribution in [0.3, 0.4) is 0 Å². The fourth-order valence-corrected chi connectivity index (χ4v) is 3.35. The maximum absolute atomic E-state index is 12.9. The number of rotatable bonds is 3. The van der Waals surface area contributed by atoms with Crippen LogP contribution in [0.2, 0.25) is 0 Å². The molecule has 0 saturated heterocycles. The smallest absolute Gasteiger partial charge is 0.405 e. The molecule has 1 aromatic carbocycles. The zero-order chi connectivity index (χ0) is 18.0. The van der Waals surface area contributed by atoms with Crippen molar-refractivity contribution < 1.29 is 23.1 Å². The Morgan fingerprint density at radius 2 is 2.00 bits per heavy atom. The molecular weight excluding hydrogens is 335 g/mol. The van der Waals surface area contributed by atoms with E-state index in [-0.39, 0.29) is 11.6 Å². The molecule has 2 heterocycles. The van der Waals surface area contributed by atoms with Crippen molar-refractivity contribution in [1.29, 1.82) is 0 Å². The second-order valence-corrected chi connectivity index (χ2v) is 6.20. The first-order valence-electron chi connectivity index (χ1n) is 7.99. The summed E-state index contributed by atoms with van der Waals surface area (Å²) in [5.74, 6) is 0.349. The molecular formula is C17H18F3N3O2. The highest BCUT2D eigenvalue weighted by Gasteiger charge is 2.34. The number of hydrogen-bond donors (Lipinski definition) is 2. The van der Waals surface area contributed by atoms with Gasteiger partial charge in [0, 0.05) is 24.4 Å². The summed E-state index contributed by atoms with van der Waals surface area (Å²) in [6.45, 7) is 0.350. The number of imidazole rings is 1. The Morgan fingerprint density at radius 3 is 2.64 bits per heavy atom. The minimum atomic E-state index is -4.35. The molecule has 0 radical (unpaired) electrons. The highest BCUT2D eigenvalue weighted by atomic mass is 19.4. The van der Waals surface area contributed by atoms with Crippen LogP contribution < -0.4 is 5.32 Å². The van der Waals surface area contributed by atoms with Gasteiger partial charge in [0.25, 0.3) is 0 Å². The van der Waals surface area contributed by atoms with Crippen LogP contribution in [0.4, 0.5) is 18.0 Å². The number of halogens is 3. The molecule has 0 bridgehead atoms. The summed E-state index contributed by atoms with van der Waals surface area (Å²) in [4.78, 5) is 15.1. The molecule has 1 aliphatic heterocycles. The van der Waals surface area contributed by atoms with E-state index in [1.54, 1.807) is 0 Å². The number of amides is 1. The van der Waals surface area contributed by atoms with Gasteiger partial charge < -0.3 is 15.0 Å². The number of carboxylic acid groups (broad SMARTS) is 1. The van der Waals surface area contributed by atoms with Crippen LogP contribution in [0.15, 0.2) is 36.5 Å². The number of aromatic nitrogens is 2. The second kappa shape index (κ2) is 6.78. The van der Waals surface area contributed by atoms with E-state index in [0.717, 1.165) is 5.56 Å². The number of carbonyl (C=O) groups is 1. The van der Waals surface area contributed by atoms with Gasteiger partial charge in [-0.25, -0.2) is 9.78 Å². The molecule has 8 heteroatoms. The van der Waals surface area contributed by atoms with Gasteiger partial charge in [0.05, 0.1) is 12.5 Å². The van der Waals surface area contributed by atoms with Crippen molar-refractivity contribution in [2.45, 2.75) is 43.9 Å². The van der Waals surface area contributed by atoms with E-state index < -0.39 is 24.7 Å². The van der Waals surface area contributed by atoms with Gasteiger partial charge in [0.15, 0.2) is 0 Å². The summed E-state index contributed by atoms with van der Waals surface area (Å²) in [7, 11) is 0. The van der Waals surface area contributed by atoms with Crippen molar-refractivity contribution in [3.63, 3.8) is 0 Å². The first-order chi connectivity index (χ1) is 11.8. The maximum atomic E-state index is 12.9. The van der Waals surface area contributed by atoms with E-state index in [4.69, 9.17) is 5.11 Å². The third-order valence-electron chi connectivity index (χ3n) is 4.44. The van der Waals surface area contributed by atoms with Gasteiger partial charge in [0.1, 0.15) is 5.82 Å². The lowest BCUT2D eigenvalue weighted by molar-refractivity contribution is -0.128. The molecule has 0 fully saturated rings. The largest absolute Gasteiger partial charge is 0.465 e. The fraction of sp³-hybridized carbons (Fsp3) is 0.412. The number of benzene rings is 1. The quantitative estimate of drug-likeness (QED) is 0.880. The van der Waals surface area contributed by atoms with Crippen LogP contribution in [0.1, 0.15) is 41.9 Å². The highest BCUT2D eigenvalue weighted by Crippen LogP contribution is 2.34. The van der Waals surface area contributed by atoms with E-state index in [0.29, 0.717) is 25.2 Å². The van der Waals surface area contributed by atoms with Crippen molar-refractivity contribution >= 4 is 6.09 Å². The molecule has 2 aromatic rings. The average Bonchev–Trinajstić information content (AvgIpc) is 2.81. The molecule has 2 atom stereocenters. The molecule has 0 spiro atoms. The predicted molar refractivity (Wildman–Crippen MR) is 84.3 cm³/mol. The van der Waals surface area contributed by atoms with E-state index in [1.165, 1.54) is 10.8 Å². The molecule has 5 nitrogen and oxygen atoms in total. The van der Waals surface area contributed by atoms with Crippen molar-refractivity contribution in [3.8, 4) is 0 Å². The fourth-order valence-electron chi connectivity index (χ4n) is 3.35. The zero-order valence-electron chi connectivity index (χ0n) is 13.3. The summed E-state index contributed by atoms with van der Waals surface area (Å²) in [6.07, 6.45) is -4.30. The molecule has 2 N–H and O–H groups in total. The van der Waals surface area contributed by atoms with Gasteiger partial charge in [-0.05, 0) is 18.4 Å². The van der Waals surface area contributed by atoms with Crippen molar-refractivity contribution in [3.05, 3.63) is 53.6 Å². The number of nitrogens with zero attached hydrogens (tertiary/aromatic N) is 2. The van der Waals surface area contributed by atoms with Crippen molar-refractivity contribution in [1.82, 2.24) is 14.9 Å². The Bertz CT molecular complexity index is 743. The molecule has 1 aromatic heterocycles. The Balaban J connectivity index is 1.97. The van der Waals surface area contributed by atoms with Gasteiger partial charge in [-0.15, -0.1) is 0 Å². The van der Waals surface area contributed by atoms with Crippen LogP contribution in [0.5, 0.6) is 0 Å². The zero-order valence-corrected chi connectivity index (χ0v) is 13.3. The average molecular weight is 353 g/mol.